The van der Waals surface area contributed by atoms with Crippen LogP contribution < -0.4 is 0 Å². The summed E-state index contributed by atoms with van der Waals surface area (Å²) in [6.45, 7) is 6.85. The molecule has 0 fully saturated rings. The van der Waals surface area contributed by atoms with E-state index >= 15 is 0 Å². The van der Waals surface area contributed by atoms with E-state index in [1.165, 1.54) is 19.1 Å². The van der Waals surface area contributed by atoms with Crippen molar-refractivity contribution in [2.75, 3.05) is 0 Å². The fourth-order valence-corrected chi connectivity index (χ4v) is 3.37. The molecule has 0 spiro atoms. The van der Waals surface area contributed by atoms with Gasteiger partial charge < -0.3 is 5.11 Å². The first-order valence-corrected chi connectivity index (χ1v) is 9.04. The van der Waals surface area contributed by atoms with Crippen LogP contribution in [0.3, 0.4) is 0 Å². The smallest absolute Gasteiger partial charge is 0.155 e. The van der Waals surface area contributed by atoms with E-state index < -0.39 is 5.82 Å². The molecule has 0 aliphatic carbocycles. The minimum absolute atomic E-state index is 0.0336. The molecule has 2 nitrogen and oxygen atoms in total. The topological polar surface area (TPSA) is 37.3 Å². The lowest BCUT2D eigenvalue weighted by Gasteiger charge is -2.15. The maximum absolute atomic E-state index is 14.8. The first kappa shape index (κ1) is 20.5. The molecule has 0 aliphatic heterocycles. The Hall–Kier alpha value is -1.84. The predicted octanol–water partition coefficient (Wildman–Crippen LogP) is 6.54. The van der Waals surface area contributed by atoms with E-state index in [4.69, 9.17) is 23.2 Å². The third-order valence-electron chi connectivity index (χ3n) is 4.28. The minimum Gasteiger partial charge on any atom is -0.508 e. The van der Waals surface area contributed by atoms with Gasteiger partial charge in [0.2, 0.25) is 0 Å². The fourth-order valence-electron chi connectivity index (χ4n) is 2.73. The van der Waals surface area contributed by atoms with Crippen LogP contribution in [0.5, 0.6) is 5.75 Å². The summed E-state index contributed by atoms with van der Waals surface area (Å²) in [5.41, 5.74) is 2.61. The van der Waals surface area contributed by atoms with Crippen LogP contribution in [0.4, 0.5) is 4.39 Å². The summed E-state index contributed by atoms with van der Waals surface area (Å²) in [5.74, 6) is -0.682. The SMILES string of the molecule is CC(=O)/C(C)=C/c1cc(Cl)c(Cc2ccc(O)c(C(C)C)c2F)c(Cl)c1. The summed E-state index contributed by atoms with van der Waals surface area (Å²) in [5, 5.41) is 10.7. The lowest BCUT2D eigenvalue weighted by molar-refractivity contribution is -0.113. The molecule has 2 rings (SSSR count). The number of carbonyl (C=O) groups excluding carboxylic acids is 1. The van der Waals surface area contributed by atoms with Crippen molar-refractivity contribution in [2.45, 2.75) is 40.0 Å². The van der Waals surface area contributed by atoms with Crippen molar-refractivity contribution in [3.05, 3.63) is 68.0 Å². The second-order valence-electron chi connectivity index (χ2n) is 6.65. The van der Waals surface area contributed by atoms with Crippen molar-refractivity contribution in [1.29, 1.82) is 0 Å². The number of hydrogen-bond donors (Lipinski definition) is 1. The first-order chi connectivity index (χ1) is 12.1. The molecule has 0 amide bonds. The van der Waals surface area contributed by atoms with Gasteiger partial charge in [0.25, 0.3) is 0 Å². The first-order valence-electron chi connectivity index (χ1n) is 8.29. The summed E-state index contributed by atoms with van der Waals surface area (Å²) in [6, 6.07) is 6.44. The molecule has 1 N–H and O–H groups in total. The molecule has 0 saturated carbocycles. The van der Waals surface area contributed by atoms with Gasteiger partial charge in [0.15, 0.2) is 5.78 Å². The Morgan fingerprint density at radius 1 is 1.19 bits per heavy atom. The molecule has 0 radical (unpaired) electrons. The van der Waals surface area contributed by atoms with Crippen LogP contribution in [0, 0.1) is 5.82 Å². The van der Waals surface area contributed by atoms with E-state index in [2.05, 4.69) is 0 Å². The van der Waals surface area contributed by atoms with Crippen molar-refractivity contribution >= 4 is 35.1 Å². The molecule has 0 saturated heterocycles. The monoisotopic (exact) mass is 394 g/mol. The molecule has 2 aromatic rings. The van der Waals surface area contributed by atoms with Crippen molar-refractivity contribution in [3.8, 4) is 5.75 Å². The van der Waals surface area contributed by atoms with Crippen LogP contribution in [0.2, 0.25) is 10.0 Å². The number of hydrogen-bond acceptors (Lipinski definition) is 2. The van der Waals surface area contributed by atoms with Gasteiger partial charge in [-0.2, -0.15) is 0 Å². The quantitative estimate of drug-likeness (QED) is 0.584. The zero-order valence-electron chi connectivity index (χ0n) is 15.2. The highest BCUT2D eigenvalue weighted by Crippen LogP contribution is 2.34. The number of ketones is 1. The number of Topliss-reactive ketones (excluding diaryl/α,β-unsaturated/α-hetero) is 1. The molecule has 0 heterocycles. The molecular weight excluding hydrogens is 374 g/mol. The molecule has 5 heteroatoms. The standard InChI is InChI=1S/C21H21Cl2FO2/c1-11(2)20-19(26)6-5-15(21(20)24)10-16-17(22)8-14(9-18(16)23)7-12(3)13(4)25/h5-9,11,26H,10H2,1-4H3/b12-7+. The number of allylic oxidation sites excluding steroid dienone is 1. The number of aromatic hydroxyl groups is 1. The third kappa shape index (κ3) is 4.46. The van der Waals surface area contributed by atoms with Crippen LogP contribution >= 0.6 is 23.2 Å². The number of phenols is 1. The summed E-state index contributed by atoms with van der Waals surface area (Å²) in [7, 11) is 0. The lowest BCUT2D eigenvalue weighted by atomic mass is 9.95. The maximum atomic E-state index is 14.8. The number of carbonyl (C=O) groups is 1. The van der Waals surface area contributed by atoms with Crippen molar-refractivity contribution in [2.24, 2.45) is 0 Å². The van der Waals surface area contributed by atoms with Crippen LogP contribution in [0.15, 0.2) is 29.8 Å². The van der Waals surface area contributed by atoms with Crippen molar-refractivity contribution in [3.63, 3.8) is 0 Å². The Bertz CT molecular complexity index is 863. The van der Waals surface area contributed by atoms with Gasteiger partial charge >= 0.3 is 0 Å². The molecule has 0 aliphatic rings. The van der Waals surface area contributed by atoms with Gasteiger partial charge in [0.1, 0.15) is 11.6 Å². The van der Waals surface area contributed by atoms with E-state index in [9.17, 15) is 14.3 Å². The maximum Gasteiger partial charge on any atom is 0.155 e. The molecule has 0 unspecified atom stereocenters. The predicted molar refractivity (Wildman–Crippen MR) is 106 cm³/mol. The average Bonchev–Trinajstić information content (AvgIpc) is 2.52. The highest BCUT2D eigenvalue weighted by Gasteiger charge is 2.18. The van der Waals surface area contributed by atoms with E-state index in [0.29, 0.717) is 32.3 Å². The normalized spacial score (nSPS) is 11.9. The van der Waals surface area contributed by atoms with E-state index in [0.717, 1.165) is 0 Å². The lowest BCUT2D eigenvalue weighted by Crippen LogP contribution is -2.01. The second kappa shape index (κ2) is 8.24. The highest BCUT2D eigenvalue weighted by molar-refractivity contribution is 6.36. The number of rotatable bonds is 5. The van der Waals surface area contributed by atoms with Crippen molar-refractivity contribution in [1.82, 2.24) is 0 Å². The van der Waals surface area contributed by atoms with Gasteiger partial charge in [-0.1, -0.05) is 43.1 Å². The van der Waals surface area contributed by atoms with Crippen molar-refractivity contribution < 1.29 is 14.3 Å². The third-order valence-corrected chi connectivity index (χ3v) is 4.96. The zero-order chi connectivity index (χ0) is 19.6. The van der Waals surface area contributed by atoms with Gasteiger partial charge in [-0.25, -0.2) is 4.39 Å². The second-order valence-corrected chi connectivity index (χ2v) is 7.46. The molecular formula is C21H21Cl2FO2. The molecule has 26 heavy (non-hydrogen) atoms. The number of halogens is 3. The Morgan fingerprint density at radius 3 is 2.27 bits per heavy atom. The Labute approximate surface area is 163 Å². The van der Waals surface area contributed by atoms with Gasteiger partial charge in [0.05, 0.1) is 0 Å². The molecule has 0 bridgehead atoms. The summed E-state index contributed by atoms with van der Waals surface area (Å²) in [4.78, 5) is 11.4. The molecule has 0 aromatic heterocycles. The highest BCUT2D eigenvalue weighted by atomic mass is 35.5. The van der Waals surface area contributed by atoms with Gasteiger partial charge in [-0.05, 0) is 66.3 Å². The molecule has 0 atom stereocenters. The van der Waals surface area contributed by atoms with E-state index in [1.54, 1.807) is 25.1 Å². The van der Waals surface area contributed by atoms with Gasteiger partial charge in [-0.15, -0.1) is 0 Å². The minimum atomic E-state index is -0.441. The van der Waals surface area contributed by atoms with Crippen LogP contribution in [0.25, 0.3) is 6.08 Å². The van der Waals surface area contributed by atoms with E-state index in [1.807, 2.05) is 13.8 Å². The van der Waals surface area contributed by atoms with E-state index in [-0.39, 0.29) is 29.4 Å². The average molecular weight is 395 g/mol. The van der Waals surface area contributed by atoms with Crippen LogP contribution in [0.1, 0.15) is 55.9 Å². The summed E-state index contributed by atoms with van der Waals surface area (Å²) < 4.78 is 14.8. The van der Waals surface area contributed by atoms with Gasteiger partial charge in [-0.3, -0.25) is 4.79 Å². The Morgan fingerprint density at radius 2 is 1.77 bits per heavy atom. The molecule has 138 valence electrons. The van der Waals surface area contributed by atoms with Crippen LogP contribution in [-0.4, -0.2) is 10.9 Å². The summed E-state index contributed by atoms with van der Waals surface area (Å²) in [6.07, 6.45) is 1.92. The van der Waals surface area contributed by atoms with Crippen LogP contribution in [-0.2, 0) is 11.2 Å². The fraction of sp³-hybridized carbons (Fsp3) is 0.286. The Kier molecular flexibility index (Phi) is 6.48. The van der Waals surface area contributed by atoms with Gasteiger partial charge in [0, 0.05) is 22.0 Å². The largest absolute Gasteiger partial charge is 0.508 e. The number of benzene rings is 2. The summed E-state index contributed by atoms with van der Waals surface area (Å²) >= 11 is 12.7. The Balaban J connectivity index is 2.44. The zero-order valence-corrected chi connectivity index (χ0v) is 16.7. The molecule has 2 aromatic carbocycles. The number of phenolic OH excluding ortho intramolecular Hbond substituents is 1.